The van der Waals surface area contributed by atoms with E-state index >= 15 is 0 Å². The van der Waals surface area contributed by atoms with Gasteiger partial charge in [0.15, 0.2) is 5.17 Å². The first-order valence-electron chi connectivity index (χ1n) is 9.31. The number of benzene rings is 2. The van der Waals surface area contributed by atoms with E-state index in [0.29, 0.717) is 10.1 Å². The number of nitrogens with zero attached hydrogens (tertiary/aromatic N) is 3. The lowest BCUT2D eigenvalue weighted by atomic mass is 10.1. The van der Waals surface area contributed by atoms with Gasteiger partial charge in [-0.1, -0.05) is 18.2 Å². The smallest absolute Gasteiger partial charge is 0.266 e. The van der Waals surface area contributed by atoms with Crippen LogP contribution >= 0.6 is 23.5 Å². The highest BCUT2D eigenvalue weighted by atomic mass is 32.2. The topological polar surface area (TPSA) is 35.9 Å². The van der Waals surface area contributed by atoms with E-state index in [1.165, 1.54) is 17.4 Å². The van der Waals surface area contributed by atoms with Crippen LogP contribution in [0.4, 0.5) is 11.4 Å². The number of hydrogen-bond donors (Lipinski definition) is 0. The molecule has 146 valence electrons. The predicted octanol–water partition coefficient (Wildman–Crippen LogP) is 5.49. The number of carbonyl (C=O) groups is 1. The molecule has 1 aliphatic rings. The van der Waals surface area contributed by atoms with Gasteiger partial charge in [0.25, 0.3) is 5.91 Å². The van der Waals surface area contributed by atoms with Crippen LogP contribution in [0.2, 0.25) is 0 Å². The zero-order valence-electron chi connectivity index (χ0n) is 16.7. The van der Waals surface area contributed by atoms with Crippen molar-refractivity contribution >= 4 is 52.0 Å². The largest absolute Gasteiger partial charge is 0.372 e. The molecule has 0 unspecified atom stereocenters. The number of hydrogen-bond acceptors (Lipinski definition) is 5. The van der Waals surface area contributed by atoms with Gasteiger partial charge in [-0.3, -0.25) is 9.69 Å². The summed E-state index contributed by atoms with van der Waals surface area (Å²) in [4.78, 5) is 23.1. The lowest BCUT2D eigenvalue weighted by molar-refractivity contribution is -0.121. The fourth-order valence-electron chi connectivity index (χ4n) is 2.96. The standard InChI is InChI=1S/C22H25N3OS2/c1-5-25(6-2)18-12-10-16(11-13-18)14-20-21(26)24(3)22(28-20)23-17-8-7-9-19(15-17)27-4/h7-15H,5-6H2,1-4H3/b20-14+,23-22?. The zero-order valence-corrected chi connectivity index (χ0v) is 18.3. The van der Waals surface area contributed by atoms with Gasteiger partial charge in [0.2, 0.25) is 0 Å². The van der Waals surface area contributed by atoms with Crippen LogP contribution in [0, 0.1) is 0 Å². The second-order valence-electron chi connectivity index (χ2n) is 6.33. The maximum absolute atomic E-state index is 12.6. The number of amides is 1. The van der Waals surface area contributed by atoms with Crippen molar-refractivity contribution in [2.24, 2.45) is 4.99 Å². The predicted molar refractivity (Wildman–Crippen MR) is 124 cm³/mol. The molecule has 2 aromatic carbocycles. The normalized spacial score (nSPS) is 17.0. The molecule has 0 aliphatic carbocycles. The molecule has 1 amide bonds. The Morgan fingerprint density at radius 2 is 1.86 bits per heavy atom. The van der Waals surface area contributed by atoms with Crippen molar-refractivity contribution in [3.63, 3.8) is 0 Å². The van der Waals surface area contributed by atoms with Gasteiger partial charge < -0.3 is 4.90 Å². The van der Waals surface area contributed by atoms with Gasteiger partial charge in [-0.2, -0.15) is 0 Å². The average molecular weight is 412 g/mol. The second kappa shape index (κ2) is 9.34. The molecule has 2 aromatic rings. The molecule has 3 rings (SSSR count). The van der Waals surface area contributed by atoms with Gasteiger partial charge in [0.05, 0.1) is 10.6 Å². The summed E-state index contributed by atoms with van der Waals surface area (Å²) in [7, 11) is 1.77. The van der Waals surface area contributed by atoms with E-state index in [9.17, 15) is 4.79 Å². The molecule has 0 aromatic heterocycles. The molecule has 28 heavy (non-hydrogen) atoms. The molecular weight excluding hydrogens is 386 g/mol. The minimum Gasteiger partial charge on any atom is -0.372 e. The third-order valence-corrected chi connectivity index (χ3v) is 6.39. The lowest BCUT2D eigenvalue weighted by Crippen LogP contribution is -2.23. The first kappa shape index (κ1) is 20.6. The number of aliphatic imine (C=N–C) groups is 1. The maximum Gasteiger partial charge on any atom is 0.266 e. The SMILES string of the molecule is CCN(CC)c1ccc(/C=C2/SC(=Nc3cccc(SC)c3)N(C)C2=O)cc1. The fourth-order valence-corrected chi connectivity index (χ4v) is 4.40. The maximum atomic E-state index is 12.6. The van der Waals surface area contributed by atoms with Crippen LogP contribution in [0.25, 0.3) is 6.08 Å². The van der Waals surface area contributed by atoms with Crippen LogP contribution < -0.4 is 4.90 Å². The molecule has 0 spiro atoms. The van der Waals surface area contributed by atoms with Crippen molar-refractivity contribution in [2.45, 2.75) is 18.7 Å². The van der Waals surface area contributed by atoms with Crippen LogP contribution in [0.3, 0.4) is 0 Å². The Morgan fingerprint density at radius 1 is 1.14 bits per heavy atom. The number of rotatable bonds is 6. The number of thioether (sulfide) groups is 2. The van der Waals surface area contributed by atoms with E-state index in [1.54, 1.807) is 23.7 Å². The van der Waals surface area contributed by atoms with Gasteiger partial charge in [-0.25, -0.2) is 4.99 Å². The van der Waals surface area contributed by atoms with Gasteiger partial charge in [0, 0.05) is 30.7 Å². The van der Waals surface area contributed by atoms with E-state index in [-0.39, 0.29) is 5.91 Å². The molecule has 0 N–H and O–H groups in total. The summed E-state index contributed by atoms with van der Waals surface area (Å²) >= 11 is 3.10. The third-order valence-electron chi connectivity index (χ3n) is 4.60. The third kappa shape index (κ3) is 4.62. The Balaban J connectivity index is 1.81. The van der Waals surface area contributed by atoms with Crippen LogP contribution in [0.5, 0.6) is 0 Å². The second-order valence-corrected chi connectivity index (χ2v) is 8.22. The van der Waals surface area contributed by atoms with Crippen molar-refractivity contribution in [3.05, 3.63) is 59.0 Å². The molecule has 1 fully saturated rings. The fraction of sp³-hybridized carbons (Fsp3) is 0.273. The summed E-state index contributed by atoms with van der Waals surface area (Å²) in [6.45, 7) is 6.26. The highest BCUT2D eigenvalue weighted by Crippen LogP contribution is 2.34. The minimum absolute atomic E-state index is 0.0161. The molecule has 1 aliphatic heterocycles. The summed E-state index contributed by atoms with van der Waals surface area (Å²) in [6, 6.07) is 16.4. The Morgan fingerprint density at radius 3 is 2.50 bits per heavy atom. The number of anilines is 1. The quantitative estimate of drug-likeness (QED) is 0.465. The molecule has 0 atom stereocenters. The van der Waals surface area contributed by atoms with Crippen LogP contribution in [0.1, 0.15) is 19.4 Å². The lowest BCUT2D eigenvalue weighted by Gasteiger charge is -2.20. The summed E-state index contributed by atoms with van der Waals surface area (Å²) in [5.74, 6) is -0.0161. The summed E-state index contributed by atoms with van der Waals surface area (Å²) < 4.78 is 0. The highest BCUT2D eigenvalue weighted by Gasteiger charge is 2.30. The van der Waals surface area contributed by atoms with Crippen LogP contribution in [-0.2, 0) is 4.79 Å². The Labute approximate surface area is 175 Å². The average Bonchev–Trinajstić information content (AvgIpc) is 2.98. The van der Waals surface area contributed by atoms with Crippen molar-refractivity contribution in [3.8, 4) is 0 Å². The van der Waals surface area contributed by atoms with Gasteiger partial charge in [-0.05, 0) is 73.8 Å². The number of carbonyl (C=O) groups excluding carboxylic acids is 1. The molecule has 4 nitrogen and oxygen atoms in total. The van der Waals surface area contributed by atoms with Gasteiger partial charge in [-0.15, -0.1) is 11.8 Å². The summed E-state index contributed by atoms with van der Waals surface area (Å²) in [6.07, 6.45) is 3.98. The van der Waals surface area contributed by atoms with E-state index in [1.807, 2.05) is 30.5 Å². The monoisotopic (exact) mass is 411 g/mol. The van der Waals surface area contributed by atoms with E-state index in [4.69, 9.17) is 0 Å². The van der Waals surface area contributed by atoms with E-state index in [0.717, 1.165) is 29.2 Å². The molecule has 1 heterocycles. The summed E-state index contributed by atoms with van der Waals surface area (Å²) in [5, 5.41) is 0.703. The van der Waals surface area contributed by atoms with Crippen molar-refractivity contribution in [2.75, 3.05) is 31.3 Å². The Kier molecular flexibility index (Phi) is 6.86. The van der Waals surface area contributed by atoms with Crippen LogP contribution in [0.15, 0.2) is 63.3 Å². The summed E-state index contributed by atoms with van der Waals surface area (Å²) in [5.41, 5.74) is 3.08. The molecule has 0 saturated carbocycles. The first-order chi connectivity index (χ1) is 13.5. The van der Waals surface area contributed by atoms with E-state index < -0.39 is 0 Å². The van der Waals surface area contributed by atoms with Crippen LogP contribution in [-0.4, -0.2) is 42.4 Å². The van der Waals surface area contributed by atoms with Gasteiger partial charge in [0.1, 0.15) is 0 Å². The van der Waals surface area contributed by atoms with Crippen molar-refractivity contribution < 1.29 is 4.79 Å². The minimum atomic E-state index is -0.0161. The van der Waals surface area contributed by atoms with Crippen molar-refractivity contribution in [1.29, 1.82) is 0 Å². The zero-order chi connectivity index (χ0) is 20.1. The Hall–Kier alpha value is -2.18. The Bertz CT molecular complexity index is 902. The highest BCUT2D eigenvalue weighted by molar-refractivity contribution is 8.18. The van der Waals surface area contributed by atoms with Crippen molar-refractivity contribution in [1.82, 2.24) is 4.90 Å². The molecule has 6 heteroatoms. The molecular formula is C22H25N3OS2. The van der Waals surface area contributed by atoms with Gasteiger partial charge >= 0.3 is 0 Å². The molecule has 0 radical (unpaired) electrons. The number of likely N-dealkylation sites (N-methyl/N-ethyl adjacent to an activating group) is 1. The number of amidine groups is 1. The van der Waals surface area contributed by atoms with E-state index in [2.05, 4.69) is 54.1 Å². The molecule has 1 saturated heterocycles. The molecule has 0 bridgehead atoms. The first-order valence-corrected chi connectivity index (χ1v) is 11.3.